The van der Waals surface area contributed by atoms with Crippen molar-refractivity contribution in [3.8, 4) is 0 Å². The Balaban J connectivity index is 2.04. The van der Waals surface area contributed by atoms with E-state index < -0.39 is 0 Å². The van der Waals surface area contributed by atoms with Crippen molar-refractivity contribution in [1.29, 1.82) is 0 Å². The van der Waals surface area contributed by atoms with Crippen LogP contribution in [0.25, 0.3) is 11.6 Å². The molecule has 4 rings (SSSR count). The van der Waals surface area contributed by atoms with Crippen LogP contribution in [0, 0.1) is 0 Å². The Hall–Kier alpha value is -1.44. The summed E-state index contributed by atoms with van der Waals surface area (Å²) in [5, 5.41) is 0. The van der Waals surface area contributed by atoms with E-state index in [4.69, 9.17) is 4.99 Å². The van der Waals surface area contributed by atoms with Crippen LogP contribution in [0.2, 0.25) is 0 Å². The van der Waals surface area contributed by atoms with Crippen molar-refractivity contribution in [2.75, 3.05) is 0 Å². The van der Waals surface area contributed by atoms with Gasteiger partial charge in [-0.15, -0.1) is 0 Å². The van der Waals surface area contributed by atoms with Gasteiger partial charge in [0.25, 0.3) is 0 Å². The Labute approximate surface area is 111 Å². The predicted octanol–water partition coefficient (Wildman–Crippen LogP) is 2.85. The molecule has 2 heteroatoms. The molecule has 1 heterocycles. The van der Waals surface area contributed by atoms with Gasteiger partial charge in [0.1, 0.15) is 0 Å². The third kappa shape index (κ3) is 1.21. The van der Waals surface area contributed by atoms with Gasteiger partial charge in [-0.25, -0.2) is 0 Å². The third-order valence-electron chi connectivity index (χ3n) is 3.31. The molecule has 2 aromatic carbocycles. The summed E-state index contributed by atoms with van der Waals surface area (Å²) in [6.07, 6.45) is 2.26. The number of aliphatic imine (C=N–C) groups is 1. The van der Waals surface area contributed by atoms with E-state index in [1.165, 1.54) is 26.1 Å². The molecular weight excluding hydrogens is 242 g/mol. The fraction of sp³-hybridized carbons (Fsp3) is 0. The summed E-state index contributed by atoms with van der Waals surface area (Å²) in [4.78, 5) is 4.76. The summed E-state index contributed by atoms with van der Waals surface area (Å²) in [7, 11) is 0. The number of allylic oxidation sites excluding steroid dienone is 1. The molecule has 2 aliphatic rings. The van der Waals surface area contributed by atoms with E-state index in [1.807, 2.05) is 0 Å². The number of hydrogen-bond donors (Lipinski definition) is 0. The maximum absolute atomic E-state index is 4.76. The molecule has 1 aliphatic heterocycles. The number of fused-ring (bicyclic) bond motifs is 5. The standard InChI is InChI=1S/C15H8N.Ti/c1-2-6-11-10(5-1)9-13-12-7-3-4-8-14(12)16-15(11)13;/h1-6,8-9H;. The predicted molar refractivity (Wildman–Crippen MR) is 66.6 cm³/mol. The molecule has 77 valence electrons. The first-order valence-electron chi connectivity index (χ1n) is 5.60. The summed E-state index contributed by atoms with van der Waals surface area (Å²) in [5.41, 5.74) is 7.40. The Bertz CT molecular complexity index is 711. The van der Waals surface area contributed by atoms with Crippen LogP contribution in [0.3, 0.4) is 0 Å². The van der Waals surface area contributed by atoms with Crippen molar-refractivity contribution >= 4 is 26.9 Å². The van der Waals surface area contributed by atoms with Gasteiger partial charge >= 0.3 is 111 Å². The molecular formula is C15H8NTi. The molecule has 17 heavy (non-hydrogen) atoms. The fourth-order valence-electron chi connectivity index (χ4n) is 2.56. The first-order chi connectivity index (χ1) is 8.34. The Kier molecular flexibility index (Phi) is 1.85. The minimum atomic E-state index is 1.11. The molecule has 0 fully saturated rings. The zero-order valence-electron chi connectivity index (χ0n) is 9.07. The zero-order chi connectivity index (χ0) is 11.4. The summed E-state index contributed by atoms with van der Waals surface area (Å²) in [6, 6.07) is 14.8. The second kappa shape index (κ2) is 3.28. The van der Waals surface area contributed by atoms with E-state index in [-0.39, 0.29) is 0 Å². The molecule has 0 aromatic heterocycles. The van der Waals surface area contributed by atoms with E-state index >= 15 is 0 Å². The van der Waals surface area contributed by atoms with E-state index in [0.29, 0.717) is 0 Å². The average Bonchev–Trinajstić information content (AvgIpc) is 2.85. The first kappa shape index (κ1) is 9.58. The van der Waals surface area contributed by atoms with Crippen LogP contribution >= 0.6 is 0 Å². The van der Waals surface area contributed by atoms with Gasteiger partial charge in [0, 0.05) is 0 Å². The van der Waals surface area contributed by atoms with E-state index in [1.54, 1.807) is 0 Å². The molecule has 0 atom stereocenters. The van der Waals surface area contributed by atoms with Crippen LogP contribution in [-0.4, -0.2) is 5.71 Å². The molecule has 0 unspecified atom stereocenters. The van der Waals surface area contributed by atoms with Crippen molar-refractivity contribution < 1.29 is 20.4 Å². The van der Waals surface area contributed by atoms with Gasteiger partial charge in [0.2, 0.25) is 0 Å². The monoisotopic (exact) mass is 250 g/mol. The Morgan fingerprint density at radius 1 is 0.941 bits per heavy atom. The van der Waals surface area contributed by atoms with Crippen LogP contribution in [0.5, 0.6) is 0 Å². The van der Waals surface area contributed by atoms with Gasteiger partial charge in [0.15, 0.2) is 0 Å². The van der Waals surface area contributed by atoms with Crippen molar-refractivity contribution in [2.24, 2.45) is 4.99 Å². The number of benzene rings is 2. The van der Waals surface area contributed by atoms with E-state index in [0.717, 1.165) is 11.4 Å². The van der Waals surface area contributed by atoms with Crippen LogP contribution < -0.4 is 3.87 Å². The normalized spacial score (nSPS) is 14.8. The second-order valence-corrected chi connectivity index (χ2v) is 5.15. The summed E-state index contributed by atoms with van der Waals surface area (Å²) >= 11 is 2.15. The van der Waals surface area contributed by atoms with Gasteiger partial charge in [0.05, 0.1) is 0 Å². The summed E-state index contributed by atoms with van der Waals surface area (Å²) < 4.78 is 1.31. The molecule has 2 aromatic rings. The van der Waals surface area contributed by atoms with E-state index in [9.17, 15) is 0 Å². The van der Waals surface area contributed by atoms with E-state index in [2.05, 4.69) is 69.0 Å². The van der Waals surface area contributed by atoms with Crippen molar-refractivity contribution in [2.45, 2.75) is 0 Å². The molecule has 1 nitrogen and oxygen atoms in total. The van der Waals surface area contributed by atoms with Crippen LogP contribution in [0.4, 0.5) is 5.69 Å². The zero-order valence-corrected chi connectivity index (χ0v) is 10.6. The number of nitrogens with zero attached hydrogens (tertiary/aromatic N) is 1. The number of rotatable bonds is 0. The summed E-state index contributed by atoms with van der Waals surface area (Å²) in [6.45, 7) is 0. The maximum atomic E-state index is 4.76. The van der Waals surface area contributed by atoms with Crippen molar-refractivity contribution in [3.05, 3.63) is 59.2 Å². The fourth-order valence-corrected chi connectivity index (χ4v) is 3.12. The second-order valence-electron chi connectivity index (χ2n) is 4.31. The topological polar surface area (TPSA) is 12.4 Å². The van der Waals surface area contributed by atoms with Gasteiger partial charge < -0.3 is 0 Å². The van der Waals surface area contributed by atoms with Crippen molar-refractivity contribution in [3.63, 3.8) is 0 Å². The molecule has 0 amide bonds. The van der Waals surface area contributed by atoms with Gasteiger partial charge in [-0.2, -0.15) is 0 Å². The van der Waals surface area contributed by atoms with Crippen molar-refractivity contribution in [1.82, 2.24) is 0 Å². The molecule has 0 spiro atoms. The molecule has 0 saturated heterocycles. The Morgan fingerprint density at radius 2 is 1.82 bits per heavy atom. The van der Waals surface area contributed by atoms with Crippen LogP contribution in [0.15, 0.2) is 47.5 Å². The van der Waals surface area contributed by atoms with Gasteiger partial charge in [-0.3, -0.25) is 0 Å². The molecule has 0 saturated carbocycles. The number of hydrogen-bond acceptors (Lipinski definition) is 1. The molecule has 0 N–H and O–H groups in total. The summed E-state index contributed by atoms with van der Waals surface area (Å²) in [5.74, 6) is 0. The van der Waals surface area contributed by atoms with Gasteiger partial charge in [-0.05, 0) is 0 Å². The minimum absolute atomic E-state index is 1.11. The van der Waals surface area contributed by atoms with Crippen LogP contribution in [-0.2, 0) is 20.4 Å². The SMILES string of the molecule is [Ti][c]1cccc2c1C1=Cc3ccccc3C1=N2. The van der Waals surface area contributed by atoms with Gasteiger partial charge in [-0.1, -0.05) is 0 Å². The van der Waals surface area contributed by atoms with Crippen LogP contribution in [0.1, 0.15) is 16.7 Å². The molecule has 0 bridgehead atoms. The quantitative estimate of drug-likeness (QED) is 0.637. The Morgan fingerprint density at radius 3 is 2.76 bits per heavy atom. The average molecular weight is 250 g/mol. The molecule has 1 aliphatic carbocycles. The first-order valence-corrected chi connectivity index (χ1v) is 6.38. The third-order valence-corrected chi connectivity index (χ3v) is 3.97. The molecule has 0 radical (unpaired) electrons.